The lowest BCUT2D eigenvalue weighted by molar-refractivity contribution is 0.0543. The Labute approximate surface area is 163 Å². The monoisotopic (exact) mass is 403 g/mol. The smallest absolute Gasteiger partial charge is 0.254 e. The number of benzene rings is 1. The molecule has 0 spiro atoms. The van der Waals surface area contributed by atoms with Crippen LogP contribution in [0.1, 0.15) is 39.6 Å². The molecule has 3 atom stereocenters. The maximum atomic E-state index is 15.2. The molecule has 4 rings (SSSR count). The highest BCUT2D eigenvalue weighted by atomic mass is 31.0. The SMILES string of the molecule is Cc1cc(C2CN(C(=O)c3ccc(F)c(C)c3)CC(F)(P)C2)n2ncnc2n1. The quantitative estimate of drug-likeness (QED) is 0.617. The summed E-state index contributed by atoms with van der Waals surface area (Å²) in [7, 11) is 2.23. The van der Waals surface area contributed by atoms with Gasteiger partial charge < -0.3 is 4.90 Å². The Balaban J connectivity index is 1.69. The van der Waals surface area contributed by atoms with E-state index in [4.69, 9.17) is 0 Å². The van der Waals surface area contributed by atoms with Crippen molar-refractivity contribution in [2.24, 2.45) is 0 Å². The minimum absolute atomic E-state index is 0.0476. The fourth-order valence-corrected chi connectivity index (χ4v) is 4.25. The fraction of sp³-hybridized carbons (Fsp3) is 0.368. The Morgan fingerprint density at radius 2 is 2.11 bits per heavy atom. The zero-order valence-electron chi connectivity index (χ0n) is 15.6. The second-order valence-corrected chi connectivity index (χ2v) is 8.41. The zero-order valence-corrected chi connectivity index (χ0v) is 16.7. The van der Waals surface area contributed by atoms with Gasteiger partial charge in [-0.05, 0) is 50.1 Å². The first-order valence-electron chi connectivity index (χ1n) is 8.94. The van der Waals surface area contributed by atoms with Gasteiger partial charge in [-0.1, -0.05) is 9.24 Å². The third-order valence-electron chi connectivity index (χ3n) is 5.00. The minimum Gasteiger partial charge on any atom is -0.334 e. The van der Waals surface area contributed by atoms with E-state index in [0.29, 0.717) is 23.4 Å². The summed E-state index contributed by atoms with van der Waals surface area (Å²) in [6.07, 6.45) is 1.63. The summed E-state index contributed by atoms with van der Waals surface area (Å²) in [5, 5.41) is 2.56. The minimum atomic E-state index is -1.64. The Morgan fingerprint density at radius 1 is 1.32 bits per heavy atom. The lowest BCUT2D eigenvalue weighted by atomic mass is 9.92. The number of aryl methyl sites for hydroxylation is 2. The number of hydrogen-bond donors (Lipinski definition) is 0. The lowest BCUT2D eigenvalue weighted by Gasteiger charge is -2.40. The molecular weight excluding hydrogens is 383 g/mol. The highest BCUT2D eigenvalue weighted by Crippen LogP contribution is 2.39. The van der Waals surface area contributed by atoms with Crippen molar-refractivity contribution in [1.82, 2.24) is 24.5 Å². The number of nitrogens with zero attached hydrogens (tertiary/aromatic N) is 5. The molecule has 1 amide bonds. The molecule has 0 aliphatic carbocycles. The average molecular weight is 403 g/mol. The van der Waals surface area contributed by atoms with Crippen molar-refractivity contribution in [1.29, 1.82) is 0 Å². The van der Waals surface area contributed by atoms with Crippen molar-refractivity contribution in [3.8, 4) is 0 Å². The van der Waals surface area contributed by atoms with Gasteiger partial charge in [0.05, 0.1) is 12.2 Å². The van der Waals surface area contributed by atoms with E-state index in [-0.39, 0.29) is 30.6 Å². The van der Waals surface area contributed by atoms with E-state index in [9.17, 15) is 9.18 Å². The molecule has 3 heterocycles. The molecule has 146 valence electrons. The summed E-state index contributed by atoms with van der Waals surface area (Å²) in [6, 6.07) is 6.04. The summed E-state index contributed by atoms with van der Waals surface area (Å²) in [5.74, 6) is -0.536. The maximum Gasteiger partial charge on any atom is 0.254 e. The normalized spacial score (nSPS) is 22.6. The highest BCUT2D eigenvalue weighted by Gasteiger charge is 2.40. The van der Waals surface area contributed by atoms with Crippen LogP contribution in [0.2, 0.25) is 0 Å². The number of alkyl halides is 1. The van der Waals surface area contributed by atoms with E-state index in [0.717, 1.165) is 11.4 Å². The summed E-state index contributed by atoms with van der Waals surface area (Å²) >= 11 is 0. The van der Waals surface area contributed by atoms with E-state index >= 15 is 4.39 Å². The third kappa shape index (κ3) is 3.49. The summed E-state index contributed by atoms with van der Waals surface area (Å²) in [5.41, 5.74) is 2.24. The van der Waals surface area contributed by atoms with Crippen molar-refractivity contribution in [2.75, 3.05) is 13.1 Å². The number of likely N-dealkylation sites (tertiary alicyclic amines) is 1. The van der Waals surface area contributed by atoms with E-state index in [1.165, 1.54) is 29.4 Å². The third-order valence-corrected chi connectivity index (χ3v) is 5.42. The molecule has 0 radical (unpaired) electrons. The fourth-order valence-electron chi connectivity index (χ4n) is 3.75. The molecule has 1 fully saturated rings. The van der Waals surface area contributed by atoms with Gasteiger partial charge in [0.15, 0.2) is 0 Å². The number of fused-ring (bicyclic) bond motifs is 1. The van der Waals surface area contributed by atoms with E-state index in [1.54, 1.807) is 11.4 Å². The van der Waals surface area contributed by atoms with Crippen LogP contribution >= 0.6 is 9.24 Å². The van der Waals surface area contributed by atoms with Gasteiger partial charge in [-0.15, -0.1) is 0 Å². The van der Waals surface area contributed by atoms with Crippen LogP contribution in [0, 0.1) is 19.7 Å². The molecule has 0 bridgehead atoms. The molecule has 1 aromatic carbocycles. The largest absolute Gasteiger partial charge is 0.334 e. The topological polar surface area (TPSA) is 63.4 Å². The van der Waals surface area contributed by atoms with Crippen molar-refractivity contribution in [3.05, 3.63) is 58.9 Å². The molecule has 3 unspecified atom stereocenters. The Kier molecular flexibility index (Phi) is 4.62. The van der Waals surface area contributed by atoms with Gasteiger partial charge in [0.25, 0.3) is 11.7 Å². The number of carbonyl (C=O) groups excluding carboxylic acids is 1. The molecule has 1 aliphatic heterocycles. The number of rotatable bonds is 2. The average Bonchev–Trinajstić information content (AvgIpc) is 3.09. The van der Waals surface area contributed by atoms with Crippen LogP contribution in [0.4, 0.5) is 8.78 Å². The zero-order chi connectivity index (χ0) is 20.1. The van der Waals surface area contributed by atoms with Crippen molar-refractivity contribution in [3.63, 3.8) is 0 Å². The number of hydrogen-bond acceptors (Lipinski definition) is 4. The first-order valence-corrected chi connectivity index (χ1v) is 9.52. The van der Waals surface area contributed by atoms with Gasteiger partial charge in [0.2, 0.25) is 0 Å². The van der Waals surface area contributed by atoms with Crippen molar-refractivity contribution in [2.45, 2.75) is 31.6 Å². The summed E-state index contributed by atoms with van der Waals surface area (Å²) < 4.78 is 30.3. The molecular formula is C19H20F2N5OP. The second-order valence-electron chi connectivity index (χ2n) is 7.38. The van der Waals surface area contributed by atoms with Gasteiger partial charge in [-0.3, -0.25) is 4.79 Å². The number of amides is 1. The van der Waals surface area contributed by atoms with Crippen LogP contribution < -0.4 is 0 Å². The number of carbonyl (C=O) groups is 1. The Hall–Kier alpha value is -2.47. The Morgan fingerprint density at radius 3 is 2.86 bits per heavy atom. The molecule has 28 heavy (non-hydrogen) atoms. The molecule has 1 saturated heterocycles. The first kappa shape index (κ1) is 18.9. The van der Waals surface area contributed by atoms with Crippen LogP contribution in [-0.2, 0) is 0 Å². The summed E-state index contributed by atoms with van der Waals surface area (Å²) in [4.78, 5) is 22.9. The molecule has 6 nitrogen and oxygen atoms in total. The highest BCUT2D eigenvalue weighted by molar-refractivity contribution is 7.18. The molecule has 9 heteroatoms. The standard InChI is InChI=1S/C19H20F2N5OP/c1-11-5-13(3-4-15(11)20)17(27)25-8-14(7-19(21,28)9-25)16-6-12(2)24-18-22-10-23-26(16)18/h3-6,10,14H,7-9,28H2,1-2H3. The number of piperidine rings is 1. The van der Waals surface area contributed by atoms with Crippen LogP contribution in [-0.4, -0.2) is 48.9 Å². The van der Waals surface area contributed by atoms with Crippen molar-refractivity contribution >= 4 is 20.9 Å². The Bertz CT molecular complexity index is 1070. The van der Waals surface area contributed by atoms with Gasteiger partial charge in [-0.25, -0.2) is 18.3 Å². The summed E-state index contributed by atoms with van der Waals surface area (Å²) in [6.45, 7) is 3.72. The predicted octanol–water partition coefficient (Wildman–Crippen LogP) is 3.05. The first-order chi connectivity index (χ1) is 13.2. The lowest BCUT2D eigenvalue weighted by Crippen LogP contribution is -2.48. The number of halogens is 2. The van der Waals surface area contributed by atoms with Gasteiger partial charge >= 0.3 is 0 Å². The van der Waals surface area contributed by atoms with Crippen molar-refractivity contribution < 1.29 is 13.6 Å². The van der Waals surface area contributed by atoms with Crippen LogP contribution in [0.3, 0.4) is 0 Å². The molecule has 2 aromatic heterocycles. The van der Waals surface area contributed by atoms with Crippen LogP contribution in [0.15, 0.2) is 30.6 Å². The second kappa shape index (κ2) is 6.85. The van der Waals surface area contributed by atoms with Gasteiger partial charge in [0, 0.05) is 23.7 Å². The van der Waals surface area contributed by atoms with Gasteiger partial charge in [0.1, 0.15) is 17.6 Å². The molecule has 0 saturated carbocycles. The molecule has 1 aliphatic rings. The van der Waals surface area contributed by atoms with E-state index in [2.05, 4.69) is 24.3 Å². The molecule has 0 N–H and O–H groups in total. The van der Waals surface area contributed by atoms with E-state index < -0.39 is 5.41 Å². The molecule has 3 aromatic rings. The number of aromatic nitrogens is 4. The van der Waals surface area contributed by atoms with E-state index in [1.807, 2.05) is 13.0 Å². The van der Waals surface area contributed by atoms with Crippen LogP contribution in [0.5, 0.6) is 0 Å². The predicted molar refractivity (Wildman–Crippen MR) is 103 cm³/mol. The van der Waals surface area contributed by atoms with Crippen LogP contribution in [0.25, 0.3) is 5.78 Å². The van der Waals surface area contributed by atoms with Gasteiger partial charge in [-0.2, -0.15) is 10.1 Å². The maximum absolute atomic E-state index is 15.2.